The normalized spacial score (nSPS) is 15.0. The van der Waals surface area contributed by atoms with Gasteiger partial charge in [0, 0.05) is 38.7 Å². The van der Waals surface area contributed by atoms with Crippen molar-refractivity contribution in [2.75, 3.05) is 26.2 Å². The van der Waals surface area contributed by atoms with Crippen molar-refractivity contribution >= 4 is 38.4 Å². The van der Waals surface area contributed by atoms with Crippen LogP contribution in [0.3, 0.4) is 0 Å². The summed E-state index contributed by atoms with van der Waals surface area (Å²) in [5.74, 6) is -0.478. The summed E-state index contributed by atoms with van der Waals surface area (Å²) >= 11 is 0. The molecule has 0 radical (unpaired) electrons. The molecule has 3 aromatic carbocycles. The second-order valence-electron chi connectivity index (χ2n) is 8.83. The molecule has 0 saturated carbocycles. The molecule has 0 spiro atoms. The number of hydrogen-bond donors (Lipinski definition) is 3. The molecule has 1 heterocycles. The molecule has 1 saturated heterocycles. The largest absolute Gasteiger partial charge is 0.384 e. The summed E-state index contributed by atoms with van der Waals surface area (Å²) < 4.78 is 29.4. The van der Waals surface area contributed by atoms with E-state index in [0.717, 1.165) is 16.3 Å². The molecule has 10 heteroatoms. The first kappa shape index (κ1) is 25.3. The highest BCUT2D eigenvalue weighted by Crippen LogP contribution is 2.20. The van der Waals surface area contributed by atoms with Crippen LogP contribution in [0.2, 0.25) is 0 Å². The minimum atomic E-state index is -4.02. The highest BCUT2D eigenvalue weighted by molar-refractivity contribution is 7.89. The monoisotopic (exact) mass is 507 g/mol. The molecule has 36 heavy (non-hydrogen) atoms. The van der Waals surface area contributed by atoms with E-state index in [0.29, 0.717) is 31.7 Å². The van der Waals surface area contributed by atoms with E-state index in [-0.39, 0.29) is 29.0 Å². The number of rotatable bonds is 7. The fraction of sp³-hybridized carbons (Fsp3) is 0.269. The molecule has 1 atom stereocenters. The van der Waals surface area contributed by atoms with E-state index >= 15 is 0 Å². The second kappa shape index (κ2) is 10.5. The number of fused-ring (bicyclic) bond motifs is 1. The lowest BCUT2D eigenvalue weighted by Crippen LogP contribution is -2.56. The van der Waals surface area contributed by atoms with Gasteiger partial charge in [0.05, 0.1) is 4.90 Å². The molecule has 3 aromatic rings. The molecular formula is C26H29N5O4S. The highest BCUT2D eigenvalue weighted by Gasteiger charge is 2.32. The number of benzene rings is 3. The lowest BCUT2D eigenvalue weighted by atomic mass is 10.0. The number of amidine groups is 1. The predicted molar refractivity (Wildman–Crippen MR) is 138 cm³/mol. The van der Waals surface area contributed by atoms with E-state index in [2.05, 4.69) is 4.72 Å². The topological polar surface area (TPSA) is 137 Å². The molecule has 9 nitrogen and oxygen atoms in total. The van der Waals surface area contributed by atoms with Gasteiger partial charge in [0.25, 0.3) is 0 Å². The lowest BCUT2D eigenvalue weighted by molar-refractivity contribution is -0.139. The molecular weight excluding hydrogens is 478 g/mol. The van der Waals surface area contributed by atoms with Gasteiger partial charge in [0.15, 0.2) is 0 Å². The number of nitrogens with one attached hydrogen (secondary N) is 2. The van der Waals surface area contributed by atoms with Crippen LogP contribution in [0, 0.1) is 5.41 Å². The molecule has 0 unspecified atom stereocenters. The summed E-state index contributed by atoms with van der Waals surface area (Å²) in [6, 6.07) is 18.1. The number of nitrogens with zero attached hydrogens (tertiary/aromatic N) is 2. The maximum Gasteiger partial charge on any atom is 0.241 e. The average molecular weight is 508 g/mol. The molecule has 1 aliphatic rings. The Labute approximate surface area is 210 Å². The summed E-state index contributed by atoms with van der Waals surface area (Å²) in [4.78, 5) is 28.5. The Morgan fingerprint density at radius 3 is 2.17 bits per heavy atom. The lowest BCUT2D eigenvalue weighted by Gasteiger charge is -2.36. The van der Waals surface area contributed by atoms with Crippen molar-refractivity contribution in [3.8, 4) is 0 Å². The van der Waals surface area contributed by atoms with Crippen molar-refractivity contribution in [2.24, 2.45) is 5.73 Å². The van der Waals surface area contributed by atoms with Crippen molar-refractivity contribution in [3.05, 3.63) is 77.9 Å². The number of sulfonamides is 1. The molecule has 0 aliphatic carbocycles. The van der Waals surface area contributed by atoms with Gasteiger partial charge in [-0.1, -0.05) is 54.6 Å². The first-order valence-corrected chi connectivity index (χ1v) is 13.1. The zero-order valence-corrected chi connectivity index (χ0v) is 20.8. The van der Waals surface area contributed by atoms with E-state index in [9.17, 15) is 18.0 Å². The van der Waals surface area contributed by atoms with Gasteiger partial charge in [-0.25, -0.2) is 8.42 Å². The van der Waals surface area contributed by atoms with Crippen LogP contribution in [0.5, 0.6) is 0 Å². The zero-order valence-electron chi connectivity index (χ0n) is 20.0. The van der Waals surface area contributed by atoms with Crippen molar-refractivity contribution < 1.29 is 18.0 Å². The quantitative estimate of drug-likeness (QED) is 0.330. The van der Waals surface area contributed by atoms with E-state index in [1.165, 1.54) is 13.0 Å². The maximum atomic E-state index is 13.5. The van der Waals surface area contributed by atoms with Gasteiger partial charge in [0.1, 0.15) is 11.9 Å². The predicted octanol–water partition coefficient (Wildman–Crippen LogP) is 1.70. The first-order chi connectivity index (χ1) is 17.1. The minimum Gasteiger partial charge on any atom is -0.384 e. The number of carbonyl (C=O) groups excluding carboxylic acids is 2. The third-order valence-electron chi connectivity index (χ3n) is 6.37. The Morgan fingerprint density at radius 2 is 1.56 bits per heavy atom. The van der Waals surface area contributed by atoms with Crippen LogP contribution in [0.25, 0.3) is 10.8 Å². The van der Waals surface area contributed by atoms with Crippen LogP contribution in [-0.4, -0.2) is 68.1 Å². The van der Waals surface area contributed by atoms with E-state index in [1.807, 2.05) is 24.3 Å². The SMILES string of the molecule is CC(=O)N1CCN(C(=O)[C@H](Cc2ccc(C(=N)N)cc2)NS(=O)(=O)c2ccc3ccccc3c2)CC1. The van der Waals surface area contributed by atoms with Crippen molar-refractivity contribution in [3.63, 3.8) is 0 Å². The summed E-state index contributed by atoms with van der Waals surface area (Å²) in [7, 11) is -4.02. The van der Waals surface area contributed by atoms with Crippen LogP contribution >= 0.6 is 0 Å². The maximum absolute atomic E-state index is 13.5. The number of amides is 2. The van der Waals surface area contributed by atoms with Crippen molar-refractivity contribution in [1.29, 1.82) is 5.41 Å². The van der Waals surface area contributed by atoms with Gasteiger partial charge >= 0.3 is 0 Å². The Hall–Kier alpha value is -3.76. The van der Waals surface area contributed by atoms with E-state index in [4.69, 9.17) is 11.1 Å². The molecule has 4 rings (SSSR count). The molecule has 2 amide bonds. The smallest absolute Gasteiger partial charge is 0.241 e. The third kappa shape index (κ3) is 5.72. The van der Waals surface area contributed by atoms with Gasteiger partial charge in [-0.3, -0.25) is 15.0 Å². The Kier molecular flexibility index (Phi) is 7.37. The third-order valence-corrected chi connectivity index (χ3v) is 7.84. The number of piperazine rings is 1. The molecule has 4 N–H and O–H groups in total. The fourth-order valence-electron chi connectivity index (χ4n) is 4.29. The van der Waals surface area contributed by atoms with Crippen LogP contribution < -0.4 is 10.5 Å². The van der Waals surface area contributed by atoms with Crippen molar-refractivity contribution in [2.45, 2.75) is 24.3 Å². The first-order valence-electron chi connectivity index (χ1n) is 11.6. The van der Waals surface area contributed by atoms with Gasteiger partial charge in [-0.2, -0.15) is 4.72 Å². The highest BCUT2D eigenvalue weighted by atomic mass is 32.2. The van der Waals surface area contributed by atoms with Crippen LogP contribution in [0.1, 0.15) is 18.1 Å². The number of nitrogen functional groups attached to an aromatic ring is 1. The summed E-state index contributed by atoms with van der Waals surface area (Å²) in [6.07, 6.45) is 0.122. The molecule has 0 aromatic heterocycles. The number of hydrogen-bond acceptors (Lipinski definition) is 5. The zero-order chi connectivity index (χ0) is 25.9. The van der Waals surface area contributed by atoms with Gasteiger partial charge in [-0.05, 0) is 34.9 Å². The van der Waals surface area contributed by atoms with Crippen LogP contribution in [0.15, 0.2) is 71.6 Å². The summed E-state index contributed by atoms with van der Waals surface area (Å²) in [5, 5.41) is 9.26. The summed E-state index contributed by atoms with van der Waals surface area (Å²) in [5.41, 5.74) is 6.80. The Bertz CT molecular complexity index is 1400. The Morgan fingerprint density at radius 1 is 0.944 bits per heavy atom. The fourth-order valence-corrected chi connectivity index (χ4v) is 5.51. The van der Waals surface area contributed by atoms with Crippen LogP contribution in [0.4, 0.5) is 0 Å². The van der Waals surface area contributed by atoms with E-state index < -0.39 is 16.1 Å². The van der Waals surface area contributed by atoms with E-state index in [1.54, 1.807) is 46.2 Å². The number of carbonyl (C=O) groups is 2. The molecule has 0 bridgehead atoms. The second-order valence-corrected chi connectivity index (χ2v) is 10.5. The van der Waals surface area contributed by atoms with Crippen molar-refractivity contribution in [1.82, 2.24) is 14.5 Å². The van der Waals surface area contributed by atoms with Crippen LogP contribution in [-0.2, 0) is 26.0 Å². The summed E-state index contributed by atoms with van der Waals surface area (Å²) in [6.45, 7) is 2.95. The average Bonchev–Trinajstić information content (AvgIpc) is 2.87. The standard InChI is InChI=1S/C26H29N5O4S/c1-18(32)30-12-14-31(15-13-30)26(33)24(16-19-6-8-21(9-7-19)25(27)28)29-36(34,35)23-11-10-20-4-2-3-5-22(20)17-23/h2-11,17,24,29H,12-16H2,1H3,(H3,27,28)/t24-/m0/s1. The molecule has 1 fully saturated rings. The van der Waals surface area contributed by atoms with Gasteiger partial charge in [0.2, 0.25) is 21.8 Å². The van der Waals surface area contributed by atoms with Gasteiger partial charge in [-0.15, -0.1) is 0 Å². The molecule has 188 valence electrons. The van der Waals surface area contributed by atoms with Gasteiger partial charge < -0.3 is 15.5 Å². The molecule has 1 aliphatic heterocycles. The minimum absolute atomic E-state index is 0.0544. The Balaban J connectivity index is 1.60. The number of nitrogens with two attached hydrogens (primary N) is 1.